The van der Waals surface area contributed by atoms with Gasteiger partial charge in [-0.15, -0.1) is 0 Å². The molecule has 3 aromatic rings. The summed E-state index contributed by atoms with van der Waals surface area (Å²) in [5.41, 5.74) is 8.80. The fraction of sp³-hybridized carbons (Fsp3) is 0.280. The minimum absolute atomic E-state index is 0.0572. The molecule has 1 amide bonds. The molecule has 2 aromatic carbocycles. The quantitative estimate of drug-likeness (QED) is 0.604. The van der Waals surface area contributed by atoms with Crippen LogP contribution in [-0.4, -0.2) is 26.8 Å². The lowest BCUT2D eigenvalue weighted by Gasteiger charge is -2.31. The van der Waals surface area contributed by atoms with Gasteiger partial charge in [0.05, 0.1) is 12.6 Å². The van der Waals surface area contributed by atoms with Crippen LogP contribution in [0.1, 0.15) is 40.6 Å². The van der Waals surface area contributed by atoms with Gasteiger partial charge in [0.15, 0.2) is 0 Å². The van der Waals surface area contributed by atoms with Gasteiger partial charge in [-0.05, 0) is 68.1 Å². The lowest BCUT2D eigenvalue weighted by atomic mass is 9.97. The number of amides is 1. The molecule has 7 heteroatoms. The minimum atomic E-state index is -0.241. The highest BCUT2D eigenvalue weighted by Crippen LogP contribution is 2.32. The number of carbonyl (C=O) groups excluding carboxylic acids is 1. The van der Waals surface area contributed by atoms with Crippen molar-refractivity contribution in [3.05, 3.63) is 88.0 Å². The van der Waals surface area contributed by atoms with E-state index in [9.17, 15) is 4.79 Å². The number of rotatable bonds is 4. The molecule has 2 unspecified atom stereocenters. The predicted molar refractivity (Wildman–Crippen MR) is 123 cm³/mol. The van der Waals surface area contributed by atoms with E-state index in [1.807, 2.05) is 36.5 Å². The van der Waals surface area contributed by atoms with E-state index in [-0.39, 0.29) is 18.0 Å². The second kappa shape index (κ2) is 8.11. The van der Waals surface area contributed by atoms with Gasteiger partial charge in [-0.3, -0.25) is 4.79 Å². The van der Waals surface area contributed by atoms with E-state index in [0.29, 0.717) is 23.2 Å². The SMILES string of the molecule is Cc1ccc(C2CC3C(=O)N(Cc4nc(-c5ccc(Cl)cc5)oc4C)C=CN3N2)cc1C. The number of hydrazine groups is 1. The minimum Gasteiger partial charge on any atom is -0.441 e. The van der Waals surface area contributed by atoms with Gasteiger partial charge in [-0.2, -0.15) is 0 Å². The summed E-state index contributed by atoms with van der Waals surface area (Å²) in [6.45, 7) is 6.47. The Kier molecular flexibility index (Phi) is 5.27. The number of aromatic nitrogens is 1. The van der Waals surface area contributed by atoms with Crippen LogP contribution >= 0.6 is 11.6 Å². The van der Waals surface area contributed by atoms with Crippen LogP contribution in [0.2, 0.25) is 5.02 Å². The largest absolute Gasteiger partial charge is 0.441 e. The van der Waals surface area contributed by atoms with Crippen LogP contribution in [0.15, 0.2) is 59.3 Å². The van der Waals surface area contributed by atoms with Crippen molar-refractivity contribution >= 4 is 17.5 Å². The number of carbonyl (C=O) groups is 1. The molecule has 0 spiro atoms. The second-order valence-electron chi connectivity index (χ2n) is 8.48. The highest BCUT2D eigenvalue weighted by atomic mass is 35.5. The highest BCUT2D eigenvalue weighted by Gasteiger charge is 2.40. The van der Waals surface area contributed by atoms with Crippen molar-refractivity contribution in [3.63, 3.8) is 0 Å². The van der Waals surface area contributed by atoms with Gasteiger partial charge in [0.1, 0.15) is 17.5 Å². The third kappa shape index (κ3) is 3.80. The number of nitrogens with one attached hydrogen (secondary N) is 1. The van der Waals surface area contributed by atoms with E-state index in [1.54, 1.807) is 17.0 Å². The van der Waals surface area contributed by atoms with E-state index >= 15 is 0 Å². The van der Waals surface area contributed by atoms with Crippen LogP contribution in [-0.2, 0) is 11.3 Å². The average Bonchev–Trinajstić information content (AvgIpc) is 3.37. The molecule has 2 aliphatic heterocycles. The average molecular weight is 449 g/mol. The molecule has 2 atom stereocenters. The number of benzene rings is 2. The normalized spacial score (nSPS) is 20.2. The van der Waals surface area contributed by atoms with Gasteiger partial charge in [-0.25, -0.2) is 10.4 Å². The first-order chi connectivity index (χ1) is 15.4. The van der Waals surface area contributed by atoms with Gasteiger partial charge in [0, 0.05) is 23.0 Å². The van der Waals surface area contributed by atoms with Gasteiger partial charge in [0.2, 0.25) is 5.89 Å². The second-order valence-corrected chi connectivity index (χ2v) is 8.91. The standard InChI is InChI=1S/C25H25ClN4O2/c1-15-4-5-19(12-16(15)2)21-13-23-25(31)29(10-11-30(23)28-21)14-22-17(3)32-24(27-22)18-6-8-20(26)9-7-18/h4-12,21,23,28H,13-14H2,1-3H3. The van der Waals surface area contributed by atoms with Crippen LogP contribution in [0.3, 0.4) is 0 Å². The summed E-state index contributed by atoms with van der Waals surface area (Å²) in [6, 6.07) is 13.7. The molecule has 5 rings (SSSR count). The number of halogens is 1. The smallest absolute Gasteiger partial charge is 0.251 e. The Bertz CT molecular complexity index is 1200. The van der Waals surface area contributed by atoms with E-state index in [1.165, 1.54) is 16.7 Å². The molecular formula is C25H25ClN4O2. The van der Waals surface area contributed by atoms with Crippen LogP contribution in [0.25, 0.3) is 11.5 Å². The van der Waals surface area contributed by atoms with E-state index < -0.39 is 0 Å². The zero-order valence-corrected chi connectivity index (χ0v) is 19.1. The third-order valence-corrected chi connectivity index (χ3v) is 6.56. The maximum absolute atomic E-state index is 13.3. The Morgan fingerprint density at radius 2 is 1.88 bits per heavy atom. The maximum atomic E-state index is 13.3. The number of hydrogen-bond donors (Lipinski definition) is 1. The van der Waals surface area contributed by atoms with Crippen LogP contribution in [0.4, 0.5) is 0 Å². The van der Waals surface area contributed by atoms with E-state index in [4.69, 9.17) is 16.0 Å². The number of oxazole rings is 1. The molecule has 2 aliphatic rings. The summed E-state index contributed by atoms with van der Waals surface area (Å²) in [5, 5.41) is 2.59. The summed E-state index contributed by atoms with van der Waals surface area (Å²) >= 11 is 5.98. The third-order valence-electron chi connectivity index (χ3n) is 6.31. The summed E-state index contributed by atoms with van der Waals surface area (Å²) in [6.07, 6.45) is 4.46. The fourth-order valence-electron chi connectivity index (χ4n) is 4.22. The number of aryl methyl sites for hydroxylation is 3. The van der Waals surface area contributed by atoms with Crippen molar-refractivity contribution in [1.82, 2.24) is 20.3 Å². The molecule has 0 saturated carbocycles. The Balaban J connectivity index is 1.31. The van der Waals surface area contributed by atoms with Crippen molar-refractivity contribution in [2.75, 3.05) is 0 Å². The molecule has 0 bridgehead atoms. The van der Waals surface area contributed by atoms with Gasteiger partial charge in [-0.1, -0.05) is 29.8 Å². The van der Waals surface area contributed by atoms with Gasteiger partial charge < -0.3 is 14.3 Å². The summed E-state index contributed by atoms with van der Waals surface area (Å²) in [5.74, 6) is 1.29. The van der Waals surface area contributed by atoms with Crippen LogP contribution in [0.5, 0.6) is 0 Å². The Labute approximate surface area is 192 Å². The van der Waals surface area contributed by atoms with Crippen molar-refractivity contribution in [3.8, 4) is 11.5 Å². The van der Waals surface area contributed by atoms with Gasteiger partial charge >= 0.3 is 0 Å². The van der Waals surface area contributed by atoms with Crippen molar-refractivity contribution in [2.45, 2.75) is 45.8 Å². The van der Waals surface area contributed by atoms with Crippen LogP contribution in [0, 0.1) is 20.8 Å². The highest BCUT2D eigenvalue weighted by molar-refractivity contribution is 6.30. The monoisotopic (exact) mass is 448 g/mol. The summed E-state index contributed by atoms with van der Waals surface area (Å²) < 4.78 is 5.86. The fourth-order valence-corrected chi connectivity index (χ4v) is 4.34. The Morgan fingerprint density at radius 1 is 1.09 bits per heavy atom. The molecule has 164 valence electrons. The molecule has 0 radical (unpaired) electrons. The van der Waals surface area contributed by atoms with Crippen LogP contribution < -0.4 is 5.43 Å². The Morgan fingerprint density at radius 3 is 2.62 bits per heavy atom. The Hall–Kier alpha value is -3.09. The molecule has 1 saturated heterocycles. The lowest BCUT2D eigenvalue weighted by Crippen LogP contribution is -2.47. The summed E-state index contributed by atoms with van der Waals surface area (Å²) in [7, 11) is 0. The zero-order chi connectivity index (χ0) is 22.4. The number of nitrogens with zero attached hydrogens (tertiary/aromatic N) is 3. The van der Waals surface area contributed by atoms with Crippen molar-refractivity contribution in [1.29, 1.82) is 0 Å². The number of fused-ring (bicyclic) bond motifs is 1. The first-order valence-electron chi connectivity index (χ1n) is 10.7. The first-order valence-corrected chi connectivity index (χ1v) is 11.1. The van der Waals surface area contributed by atoms with E-state index in [2.05, 4.69) is 42.5 Å². The number of hydrogen-bond acceptors (Lipinski definition) is 5. The molecule has 1 aromatic heterocycles. The van der Waals surface area contributed by atoms with Gasteiger partial charge in [0.25, 0.3) is 5.91 Å². The van der Waals surface area contributed by atoms with E-state index in [0.717, 1.165) is 17.7 Å². The van der Waals surface area contributed by atoms with Crippen molar-refractivity contribution < 1.29 is 9.21 Å². The maximum Gasteiger partial charge on any atom is 0.251 e. The molecule has 32 heavy (non-hydrogen) atoms. The molecule has 3 heterocycles. The summed E-state index contributed by atoms with van der Waals surface area (Å²) in [4.78, 5) is 19.6. The zero-order valence-electron chi connectivity index (χ0n) is 18.3. The molecule has 1 fully saturated rings. The topological polar surface area (TPSA) is 61.6 Å². The molecule has 1 N–H and O–H groups in total. The molecule has 6 nitrogen and oxygen atoms in total. The molecular weight excluding hydrogens is 424 g/mol. The lowest BCUT2D eigenvalue weighted by molar-refractivity contribution is -0.135. The predicted octanol–water partition coefficient (Wildman–Crippen LogP) is 5.05. The first kappa shape index (κ1) is 20.8. The molecule has 0 aliphatic carbocycles. The van der Waals surface area contributed by atoms with Crippen molar-refractivity contribution in [2.24, 2.45) is 0 Å².